The number of benzene rings is 1. The zero-order chi connectivity index (χ0) is 16.2. The second-order valence-electron chi connectivity index (χ2n) is 5.50. The van der Waals surface area contributed by atoms with Gasteiger partial charge in [0.05, 0.1) is 11.5 Å². The van der Waals surface area contributed by atoms with Crippen molar-refractivity contribution in [1.29, 1.82) is 0 Å². The van der Waals surface area contributed by atoms with E-state index in [0.717, 1.165) is 17.5 Å². The summed E-state index contributed by atoms with van der Waals surface area (Å²) in [7, 11) is -6.68. The maximum Gasteiger partial charge on any atom is 0.215 e. The van der Waals surface area contributed by atoms with Gasteiger partial charge in [-0.3, -0.25) is 0 Å². The van der Waals surface area contributed by atoms with E-state index in [1.165, 1.54) is 4.31 Å². The summed E-state index contributed by atoms with van der Waals surface area (Å²) in [6.07, 6.45) is 1.51. The molecule has 0 amide bonds. The van der Waals surface area contributed by atoms with Gasteiger partial charge in [-0.1, -0.05) is 24.3 Å². The Morgan fingerprint density at radius 1 is 1.23 bits per heavy atom. The molecule has 1 heterocycles. The Kier molecular flexibility index (Phi) is 5.60. The second-order valence-corrected chi connectivity index (χ2v) is 9.40. The summed E-state index contributed by atoms with van der Waals surface area (Å²) < 4.78 is 51.6. The second kappa shape index (κ2) is 7.08. The summed E-state index contributed by atoms with van der Waals surface area (Å²) >= 11 is 0. The van der Waals surface area contributed by atoms with Crippen LogP contribution < -0.4 is 4.72 Å². The van der Waals surface area contributed by atoms with Gasteiger partial charge in [0.15, 0.2) is 0 Å². The molecule has 1 saturated heterocycles. The quantitative estimate of drug-likeness (QED) is 0.827. The highest BCUT2D eigenvalue weighted by atomic mass is 32.2. The van der Waals surface area contributed by atoms with Crippen molar-refractivity contribution in [2.24, 2.45) is 0 Å². The fraction of sp³-hybridized carbons (Fsp3) is 0.571. The molecule has 1 aliphatic heterocycles. The Balaban J connectivity index is 1.89. The van der Waals surface area contributed by atoms with Crippen LogP contribution in [0.1, 0.15) is 24.0 Å². The SMILES string of the molecule is Cc1ccccc1CS(=O)(=O)NCCN1CCCCS1(=O)=O. The van der Waals surface area contributed by atoms with E-state index in [1.807, 2.05) is 19.1 Å². The minimum atomic E-state index is -3.47. The summed E-state index contributed by atoms with van der Waals surface area (Å²) in [4.78, 5) is 0. The van der Waals surface area contributed by atoms with Crippen molar-refractivity contribution in [1.82, 2.24) is 9.03 Å². The molecule has 0 atom stereocenters. The monoisotopic (exact) mass is 346 g/mol. The highest BCUT2D eigenvalue weighted by Gasteiger charge is 2.25. The molecule has 0 aromatic heterocycles. The Bertz CT molecular complexity index is 714. The van der Waals surface area contributed by atoms with Crippen molar-refractivity contribution in [3.05, 3.63) is 35.4 Å². The molecule has 124 valence electrons. The Morgan fingerprint density at radius 2 is 1.95 bits per heavy atom. The van der Waals surface area contributed by atoms with Crippen LogP contribution in [-0.4, -0.2) is 46.5 Å². The van der Waals surface area contributed by atoms with Crippen LogP contribution in [0.5, 0.6) is 0 Å². The topological polar surface area (TPSA) is 83.6 Å². The van der Waals surface area contributed by atoms with Crippen LogP contribution in [0.3, 0.4) is 0 Å². The molecule has 22 heavy (non-hydrogen) atoms. The maximum atomic E-state index is 12.1. The van der Waals surface area contributed by atoms with Crippen molar-refractivity contribution < 1.29 is 16.8 Å². The first-order chi connectivity index (χ1) is 10.3. The Labute approximate surface area is 132 Å². The van der Waals surface area contributed by atoms with E-state index in [4.69, 9.17) is 0 Å². The van der Waals surface area contributed by atoms with Crippen molar-refractivity contribution in [3.8, 4) is 0 Å². The van der Waals surface area contributed by atoms with Crippen LogP contribution in [0.25, 0.3) is 0 Å². The van der Waals surface area contributed by atoms with Crippen LogP contribution in [0.2, 0.25) is 0 Å². The van der Waals surface area contributed by atoms with Gasteiger partial charge in [-0.25, -0.2) is 25.9 Å². The Morgan fingerprint density at radius 3 is 2.64 bits per heavy atom. The molecule has 1 aromatic rings. The molecule has 8 heteroatoms. The molecule has 0 radical (unpaired) electrons. The predicted octanol–water partition coefficient (Wildman–Crippen LogP) is 0.840. The average Bonchev–Trinajstić information content (AvgIpc) is 2.43. The lowest BCUT2D eigenvalue weighted by molar-refractivity contribution is 0.386. The van der Waals surface area contributed by atoms with E-state index in [0.29, 0.717) is 13.0 Å². The molecule has 0 unspecified atom stereocenters. The van der Waals surface area contributed by atoms with Gasteiger partial charge in [0.2, 0.25) is 20.0 Å². The number of hydrogen-bond acceptors (Lipinski definition) is 4. The van der Waals surface area contributed by atoms with Crippen LogP contribution >= 0.6 is 0 Å². The van der Waals surface area contributed by atoms with Crippen molar-refractivity contribution >= 4 is 20.0 Å². The number of hydrogen-bond donors (Lipinski definition) is 1. The largest absolute Gasteiger partial charge is 0.215 e. The maximum absolute atomic E-state index is 12.1. The molecule has 1 N–H and O–H groups in total. The highest BCUT2D eigenvalue weighted by Crippen LogP contribution is 2.13. The number of rotatable bonds is 6. The zero-order valence-electron chi connectivity index (χ0n) is 12.7. The van der Waals surface area contributed by atoms with Gasteiger partial charge in [0.25, 0.3) is 0 Å². The van der Waals surface area contributed by atoms with Crippen molar-refractivity contribution in [3.63, 3.8) is 0 Å². The smallest absolute Gasteiger partial charge is 0.214 e. The first kappa shape index (κ1) is 17.4. The summed E-state index contributed by atoms with van der Waals surface area (Å²) in [5.74, 6) is 0.0649. The third kappa shape index (κ3) is 4.77. The van der Waals surface area contributed by atoms with E-state index in [9.17, 15) is 16.8 Å². The van der Waals surface area contributed by atoms with E-state index in [2.05, 4.69) is 4.72 Å². The molecule has 0 bridgehead atoms. The molecule has 0 spiro atoms. The van der Waals surface area contributed by atoms with Crippen molar-refractivity contribution in [2.75, 3.05) is 25.4 Å². The van der Waals surface area contributed by atoms with Gasteiger partial charge in [-0.15, -0.1) is 0 Å². The molecule has 1 fully saturated rings. The lowest BCUT2D eigenvalue weighted by Gasteiger charge is -2.26. The van der Waals surface area contributed by atoms with Crippen LogP contribution in [0, 0.1) is 6.92 Å². The minimum Gasteiger partial charge on any atom is -0.214 e. The van der Waals surface area contributed by atoms with Gasteiger partial charge in [0.1, 0.15) is 0 Å². The number of nitrogens with one attached hydrogen (secondary N) is 1. The van der Waals surface area contributed by atoms with Crippen LogP contribution in [0.15, 0.2) is 24.3 Å². The van der Waals surface area contributed by atoms with E-state index < -0.39 is 20.0 Å². The molecule has 0 saturated carbocycles. The first-order valence-electron chi connectivity index (χ1n) is 7.30. The summed E-state index contributed by atoms with van der Waals surface area (Å²) in [6, 6.07) is 7.31. The lowest BCUT2D eigenvalue weighted by Crippen LogP contribution is -2.42. The molecule has 2 rings (SSSR count). The van der Waals surface area contributed by atoms with E-state index >= 15 is 0 Å². The van der Waals surface area contributed by atoms with E-state index in [1.54, 1.807) is 12.1 Å². The standard InChI is InChI=1S/C14H22N2O4S2/c1-13-6-2-3-7-14(13)12-21(17,18)15-8-10-16-9-4-5-11-22(16,19)20/h2-3,6-7,15H,4-5,8-12H2,1H3. The number of sulfonamides is 2. The molecule has 0 aliphatic carbocycles. The predicted molar refractivity (Wildman–Crippen MR) is 86.4 cm³/mol. The molecule has 1 aliphatic rings. The Hall–Kier alpha value is -0.960. The fourth-order valence-electron chi connectivity index (χ4n) is 2.45. The van der Waals surface area contributed by atoms with Gasteiger partial charge in [0, 0.05) is 19.6 Å². The zero-order valence-corrected chi connectivity index (χ0v) is 14.3. The van der Waals surface area contributed by atoms with Crippen LogP contribution in [-0.2, 0) is 25.8 Å². The summed E-state index contributed by atoms with van der Waals surface area (Å²) in [6.45, 7) is 2.63. The minimum absolute atomic E-state index is 0.0908. The van der Waals surface area contributed by atoms with Crippen molar-refractivity contribution in [2.45, 2.75) is 25.5 Å². The molecule has 6 nitrogen and oxygen atoms in total. The molecular formula is C14H22N2O4S2. The average molecular weight is 346 g/mol. The third-order valence-electron chi connectivity index (χ3n) is 3.74. The fourth-order valence-corrected chi connectivity index (χ4v) is 5.29. The molecular weight excluding hydrogens is 324 g/mol. The molecule has 1 aromatic carbocycles. The third-order valence-corrected chi connectivity index (χ3v) is 7.03. The number of aryl methyl sites for hydroxylation is 1. The van der Waals surface area contributed by atoms with Gasteiger partial charge >= 0.3 is 0 Å². The van der Waals surface area contributed by atoms with Gasteiger partial charge in [-0.2, -0.15) is 0 Å². The first-order valence-corrected chi connectivity index (χ1v) is 10.6. The lowest BCUT2D eigenvalue weighted by atomic mass is 10.1. The van der Waals surface area contributed by atoms with Crippen LogP contribution in [0.4, 0.5) is 0 Å². The van der Waals surface area contributed by atoms with E-state index in [-0.39, 0.29) is 24.6 Å². The highest BCUT2D eigenvalue weighted by molar-refractivity contribution is 7.89. The van der Waals surface area contributed by atoms with Gasteiger partial charge < -0.3 is 0 Å². The van der Waals surface area contributed by atoms with Gasteiger partial charge in [-0.05, 0) is 30.9 Å². The summed E-state index contributed by atoms with van der Waals surface area (Å²) in [5, 5.41) is 0. The normalized spacial score (nSPS) is 19.1. The summed E-state index contributed by atoms with van der Waals surface area (Å²) in [5.41, 5.74) is 1.67. The number of nitrogens with zero attached hydrogens (tertiary/aromatic N) is 1.